The van der Waals surface area contributed by atoms with E-state index in [-0.39, 0.29) is 11.5 Å². The standard InChI is InChI=1S/C11H18N2O3S2/c1-13(9-2-3-9)5-4-12-18(15,16)11-6-10(7-14)17-8-11/h6,8-9,12,14H,2-5,7H2,1H3. The monoisotopic (exact) mass is 290 g/mol. The summed E-state index contributed by atoms with van der Waals surface area (Å²) in [5.74, 6) is 0. The van der Waals surface area contributed by atoms with Gasteiger partial charge in [-0.15, -0.1) is 11.3 Å². The van der Waals surface area contributed by atoms with Gasteiger partial charge in [-0.2, -0.15) is 0 Å². The van der Waals surface area contributed by atoms with E-state index in [4.69, 9.17) is 5.11 Å². The molecule has 0 radical (unpaired) electrons. The number of aliphatic hydroxyl groups is 1. The summed E-state index contributed by atoms with van der Waals surface area (Å²) in [6.45, 7) is 1.02. The van der Waals surface area contributed by atoms with E-state index in [1.165, 1.54) is 30.2 Å². The summed E-state index contributed by atoms with van der Waals surface area (Å²) in [4.78, 5) is 3.08. The Hall–Kier alpha value is -0.470. The van der Waals surface area contributed by atoms with Gasteiger partial charge in [0, 0.05) is 29.4 Å². The summed E-state index contributed by atoms with van der Waals surface area (Å²) >= 11 is 1.25. The molecule has 2 N–H and O–H groups in total. The van der Waals surface area contributed by atoms with Crippen LogP contribution in [0.4, 0.5) is 0 Å². The number of rotatable bonds is 7. The van der Waals surface area contributed by atoms with Crippen LogP contribution in [0.25, 0.3) is 0 Å². The topological polar surface area (TPSA) is 69.6 Å². The average molecular weight is 290 g/mol. The summed E-state index contributed by atoms with van der Waals surface area (Å²) in [7, 11) is -1.41. The zero-order valence-corrected chi connectivity index (χ0v) is 11.9. The van der Waals surface area contributed by atoms with Gasteiger partial charge >= 0.3 is 0 Å². The number of sulfonamides is 1. The fraction of sp³-hybridized carbons (Fsp3) is 0.636. The first-order valence-corrected chi connectivity index (χ1v) is 8.27. The first-order valence-electron chi connectivity index (χ1n) is 5.91. The van der Waals surface area contributed by atoms with Crippen molar-refractivity contribution in [3.05, 3.63) is 16.3 Å². The van der Waals surface area contributed by atoms with Crippen LogP contribution in [0.2, 0.25) is 0 Å². The Morgan fingerprint density at radius 1 is 1.56 bits per heavy atom. The Labute approximate surface area is 111 Å². The normalized spacial score (nSPS) is 16.4. The molecule has 1 fully saturated rings. The second-order valence-electron chi connectivity index (χ2n) is 4.52. The summed E-state index contributed by atoms with van der Waals surface area (Å²) in [6, 6.07) is 2.15. The van der Waals surface area contributed by atoms with Crippen molar-refractivity contribution in [2.75, 3.05) is 20.1 Å². The van der Waals surface area contributed by atoms with Crippen LogP contribution in [0, 0.1) is 0 Å². The minimum absolute atomic E-state index is 0.120. The van der Waals surface area contributed by atoms with Crippen molar-refractivity contribution in [2.24, 2.45) is 0 Å². The van der Waals surface area contributed by atoms with Crippen molar-refractivity contribution in [3.63, 3.8) is 0 Å². The van der Waals surface area contributed by atoms with E-state index in [0.29, 0.717) is 17.5 Å². The van der Waals surface area contributed by atoms with Crippen LogP contribution in [-0.4, -0.2) is 44.6 Å². The average Bonchev–Trinajstić information content (AvgIpc) is 3.06. The van der Waals surface area contributed by atoms with Crippen molar-refractivity contribution >= 4 is 21.4 Å². The molecular formula is C11H18N2O3S2. The molecule has 0 amide bonds. The molecule has 102 valence electrons. The van der Waals surface area contributed by atoms with Gasteiger partial charge in [-0.05, 0) is 26.0 Å². The number of hydrogen-bond acceptors (Lipinski definition) is 5. The fourth-order valence-electron chi connectivity index (χ4n) is 1.72. The molecule has 0 saturated heterocycles. The third-order valence-electron chi connectivity index (χ3n) is 3.02. The molecule has 1 aliphatic rings. The largest absolute Gasteiger partial charge is 0.391 e. The lowest BCUT2D eigenvalue weighted by Crippen LogP contribution is -2.33. The van der Waals surface area contributed by atoms with E-state index in [1.54, 1.807) is 5.38 Å². The highest BCUT2D eigenvalue weighted by Crippen LogP contribution is 2.24. The highest BCUT2D eigenvalue weighted by Gasteiger charge is 2.26. The first-order chi connectivity index (χ1) is 8.53. The molecule has 0 aromatic carbocycles. The lowest BCUT2D eigenvalue weighted by atomic mass is 10.5. The molecule has 18 heavy (non-hydrogen) atoms. The lowest BCUT2D eigenvalue weighted by Gasteiger charge is -2.15. The zero-order valence-electron chi connectivity index (χ0n) is 10.3. The molecule has 0 aliphatic heterocycles. The Bertz CT molecular complexity index is 494. The highest BCUT2D eigenvalue weighted by atomic mass is 32.2. The molecule has 1 aliphatic carbocycles. The smallest absolute Gasteiger partial charge is 0.241 e. The van der Waals surface area contributed by atoms with Crippen molar-refractivity contribution in [3.8, 4) is 0 Å². The molecule has 5 nitrogen and oxygen atoms in total. The van der Waals surface area contributed by atoms with Crippen LogP contribution >= 0.6 is 11.3 Å². The van der Waals surface area contributed by atoms with E-state index < -0.39 is 10.0 Å². The summed E-state index contributed by atoms with van der Waals surface area (Å²) in [5.41, 5.74) is 0. The number of likely N-dealkylation sites (N-methyl/N-ethyl adjacent to an activating group) is 1. The molecule has 7 heteroatoms. The Morgan fingerprint density at radius 2 is 2.28 bits per heavy atom. The van der Waals surface area contributed by atoms with Gasteiger partial charge < -0.3 is 10.0 Å². The summed E-state index contributed by atoms with van der Waals surface area (Å²) in [5, 5.41) is 10.5. The predicted octanol–water partition coefficient (Wildman–Crippen LogP) is 0.613. The SMILES string of the molecule is CN(CCNS(=O)(=O)c1csc(CO)c1)C1CC1. The second-order valence-corrected chi connectivity index (χ2v) is 7.28. The highest BCUT2D eigenvalue weighted by molar-refractivity contribution is 7.89. The molecular weight excluding hydrogens is 272 g/mol. The third kappa shape index (κ3) is 3.52. The van der Waals surface area contributed by atoms with Crippen LogP contribution < -0.4 is 4.72 Å². The van der Waals surface area contributed by atoms with Crippen LogP contribution in [0.5, 0.6) is 0 Å². The molecule has 1 heterocycles. The van der Waals surface area contributed by atoms with Gasteiger partial charge in [0.2, 0.25) is 10.0 Å². The van der Waals surface area contributed by atoms with E-state index in [1.807, 2.05) is 7.05 Å². The lowest BCUT2D eigenvalue weighted by molar-refractivity contribution is 0.285. The number of nitrogens with zero attached hydrogens (tertiary/aromatic N) is 1. The Balaban J connectivity index is 1.86. The molecule has 1 aromatic heterocycles. The summed E-state index contributed by atoms with van der Waals surface area (Å²) in [6.07, 6.45) is 2.43. The molecule has 0 atom stereocenters. The minimum atomic E-state index is -3.43. The fourth-order valence-corrected chi connectivity index (χ4v) is 3.88. The van der Waals surface area contributed by atoms with Gasteiger partial charge in [0.05, 0.1) is 11.5 Å². The van der Waals surface area contributed by atoms with Gasteiger partial charge in [-0.25, -0.2) is 13.1 Å². The number of nitrogens with one attached hydrogen (secondary N) is 1. The number of hydrogen-bond donors (Lipinski definition) is 2. The second kappa shape index (κ2) is 5.66. The van der Waals surface area contributed by atoms with Gasteiger partial charge in [-0.3, -0.25) is 0 Å². The Morgan fingerprint density at radius 3 is 2.83 bits per heavy atom. The quantitative estimate of drug-likeness (QED) is 0.772. The van der Waals surface area contributed by atoms with E-state index in [2.05, 4.69) is 9.62 Å². The molecule has 0 unspecified atom stereocenters. The molecule has 0 bridgehead atoms. The van der Waals surface area contributed by atoms with Crippen molar-refractivity contribution in [2.45, 2.75) is 30.4 Å². The van der Waals surface area contributed by atoms with Gasteiger partial charge in [0.15, 0.2) is 0 Å². The van der Waals surface area contributed by atoms with E-state index >= 15 is 0 Å². The van der Waals surface area contributed by atoms with E-state index in [0.717, 1.165) is 6.54 Å². The maximum Gasteiger partial charge on any atom is 0.241 e. The predicted molar refractivity (Wildman–Crippen MR) is 71.1 cm³/mol. The van der Waals surface area contributed by atoms with Crippen LogP contribution in [0.3, 0.4) is 0 Å². The molecule has 2 rings (SSSR count). The zero-order chi connectivity index (χ0) is 13.2. The number of aliphatic hydroxyl groups excluding tert-OH is 1. The first kappa shape index (κ1) is 14.0. The van der Waals surface area contributed by atoms with Crippen LogP contribution in [0.15, 0.2) is 16.3 Å². The molecule has 1 aromatic rings. The molecule has 1 saturated carbocycles. The van der Waals surface area contributed by atoms with Gasteiger partial charge in [0.25, 0.3) is 0 Å². The number of thiophene rings is 1. The molecule has 0 spiro atoms. The van der Waals surface area contributed by atoms with Crippen molar-refractivity contribution < 1.29 is 13.5 Å². The van der Waals surface area contributed by atoms with Crippen LogP contribution in [0.1, 0.15) is 17.7 Å². The van der Waals surface area contributed by atoms with E-state index in [9.17, 15) is 8.42 Å². The maximum absolute atomic E-state index is 11.9. The maximum atomic E-state index is 11.9. The van der Waals surface area contributed by atoms with Crippen molar-refractivity contribution in [1.82, 2.24) is 9.62 Å². The van der Waals surface area contributed by atoms with Gasteiger partial charge in [0.1, 0.15) is 0 Å². The Kier molecular flexibility index (Phi) is 4.39. The summed E-state index contributed by atoms with van der Waals surface area (Å²) < 4.78 is 26.4. The minimum Gasteiger partial charge on any atom is -0.391 e. The van der Waals surface area contributed by atoms with Crippen LogP contribution in [-0.2, 0) is 16.6 Å². The van der Waals surface area contributed by atoms with Crippen molar-refractivity contribution in [1.29, 1.82) is 0 Å². The van der Waals surface area contributed by atoms with Gasteiger partial charge in [-0.1, -0.05) is 0 Å². The third-order valence-corrected chi connectivity index (χ3v) is 5.53.